The van der Waals surface area contributed by atoms with E-state index in [1.165, 1.54) is 57.8 Å². The molecule has 0 spiro atoms. The average Bonchev–Trinajstić information content (AvgIpc) is 2.65. The van der Waals surface area contributed by atoms with Crippen LogP contribution < -0.4 is 5.32 Å². The summed E-state index contributed by atoms with van der Waals surface area (Å²) >= 11 is 0. The van der Waals surface area contributed by atoms with E-state index in [0.717, 1.165) is 19.3 Å². The fourth-order valence-electron chi connectivity index (χ4n) is 3.18. The molecule has 1 amide bonds. The molecule has 0 aromatic heterocycles. The molecule has 4 N–H and O–H groups in total. The second-order valence-corrected chi connectivity index (χ2v) is 7.45. The summed E-state index contributed by atoms with van der Waals surface area (Å²) in [5.74, 6) is -0.235. The van der Waals surface area contributed by atoms with E-state index in [4.69, 9.17) is 0 Å². The van der Waals surface area contributed by atoms with Crippen molar-refractivity contribution in [1.29, 1.82) is 0 Å². The van der Waals surface area contributed by atoms with E-state index in [1.807, 2.05) is 0 Å². The molecule has 0 radical (unpaired) electrons. The molecule has 0 rings (SSSR count). The van der Waals surface area contributed by atoms with Crippen LogP contribution in [0.25, 0.3) is 0 Å². The quantitative estimate of drug-likeness (QED) is 0.276. The molecular formula is C21H43NO4. The van der Waals surface area contributed by atoms with Crippen LogP contribution in [0.15, 0.2) is 0 Å². The van der Waals surface area contributed by atoms with Crippen LogP contribution in [0.1, 0.15) is 104 Å². The zero-order chi connectivity index (χ0) is 19.6. The van der Waals surface area contributed by atoms with Gasteiger partial charge in [-0.3, -0.25) is 4.79 Å². The molecule has 0 heterocycles. The van der Waals surface area contributed by atoms with Gasteiger partial charge < -0.3 is 20.6 Å². The lowest BCUT2D eigenvalue weighted by molar-refractivity contribution is -0.123. The van der Waals surface area contributed by atoms with Crippen molar-refractivity contribution in [2.45, 2.75) is 122 Å². The normalized spacial score (nSPS) is 14.8. The van der Waals surface area contributed by atoms with Gasteiger partial charge in [0.25, 0.3) is 0 Å². The molecule has 3 atom stereocenters. The summed E-state index contributed by atoms with van der Waals surface area (Å²) in [6.45, 7) is 3.58. The maximum atomic E-state index is 11.4. The Kier molecular flexibility index (Phi) is 17.3. The summed E-state index contributed by atoms with van der Waals surface area (Å²) in [6, 6.07) is -0.797. The number of hydrogen-bond acceptors (Lipinski definition) is 4. The van der Waals surface area contributed by atoms with Crippen LogP contribution in [0.4, 0.5) is 0 Å². The lowest BCUT2D eigenvalue weighted by Crippen LogP contribution is -2.50. The Hall–Kier alpha value is -0.650. The summed E-state index contributed by atoms with van der Waals surface area (Å²) in [4.78, 5) is 11.4. The van der Waals surface area contributed by atoms with Gasteiger partial charge in [-0.05, 0) is 6.42 Å². The summed E-state index contributed by atoms with van der Waals surface area (Å²) < 4.78 is 0. The van der Waals surface area contributed by atoms with Gasteiger partial charge in [-0.2, -0.15) is 0 Å². The summed E-state index contributed by atoms with van der Waals surface area (Å²) in [5, 5.41) is 31.9. The molecule has 0 aliphatic heterocycles. The van der Waals surface area contributed by atoms with Crippen LogP contribution in [0.2, 0.25) is 0 Å². The Morgan fingerprint density at radius 1 is 0.808 bits per heavy atom. The number of unbranched alkanes of at least 4 members (excludes halogenated alkanes) is 11. The maximum Gasteiger partial charge on any atom is 0.220 e. The van der Waals surface area contributed by atoms with Crippen molar-refractivity contribution in [3.8, 4) is 0 Å². The summed E-state index contributed by atoms with van der Waals surface area (Å²) in [5.41, 5.74) is 0. The van der Waals surface area contributed by atoms with Crippen molar-refractivity contribution >= 4 is 5.91 Å². The highest BCUT2D eigenvalue weighted by atomic mass is 16.3. The lowest BCUT2D eigenvalue weighted by Gasteiger charge is -2.26. The van der Waals surface area contributed by atoms with Crippen molar-refractivity contribution < 1.29 is 20.1 Å². The Balaban J connectivity index is 3.60. The van der Waals surface area contributed by atoms with Crippen LogP contribution in [-0.2, 0) is 4.79 Å². The molecule has 0 unspecified atom stereocenters. The smallest absolute Gasteiger partial charge is 0.220 e. The number of hydrogen-bond donors (Lipinski definition) is 4. The highest BCUT2D eigenvalue weighted by Crippen LogP contribution is 2.14. The van der Waals surface area contributed by atoms with Gasteiger partial charge in [0.2, 0.25) is 5.91 Å². The molecule has 0 fully saturated rings. The van der Waals surface area contributed by atoms with E-state index in [9.17, 15) is 20.1 Å². The Bertz CT molecular complexity index is 325. The predicted molar refractivity (Wildman–Crippen MR) is 107 cm³/mol. The van der Waals surface area contributed by atoms with E-state index in [0.29, 0.717) is 6.42 Å². The first kappa shape index (κ1) is 25.4. The van der Waals surface area contributed by atoms with Crippen molar-refractivity contribution in [3.63, 3.8) is 0 Å². The third-order valence-electron chi connectivity index (χ3n) is 5.02. The van der Waals surface area contributed by atoms with E-state index in [1.54, 1.807) is 6.92 Å². The Labute approximate surface area is 160 Å². The van der Waals surface area contributed by atoms with Gasteiger partial charge in [0.15, 0.2) is 0 Å². The minimum atomic E-state index is -1.12. The number of carbonyl (C=O) groups excluding carboxylic acids is 1. The second-order valence-electron chi connectivity index (χ2n) is 7.45. The molecule has 0 saturated carbocycles. The minimum Gasteiger partial charge on any atom is -0.394 e. The molecule has 26 heavy (non-hydrogen) atoms. The fourth-order valence-corrected chi connectivity index (χ4v) is 3.18. The Morgan fingerprint density at radius 3 is 1.69 bits per heavy atom. The number of rotatable bonds is 18. The minimum absolute atomic E-state index is 0.235. The summed E-state index contributed by atoms with van der Waals surface area (Å²) in [7, 11) is 0. The van der Waals surface area contributed by atoms with Gasteiger partial charge in [-0.1, -0.05) is 90.9 Å². The number of amides is 1. The second kappa shape index (κ2) is 17.7. The number of aliphatic hydroxyl groups excluding tert-OH is 3. The van der Waals surface area contributed by atoms with E-state index in [-0.39, 0.29) is 18.9 Å². The number of aliphatic hydroxyl groups is 3. The molecule has 0 aromatic rings. The first-order valence-electron chi connectivity index (χ1n) is 10.8. The average molecular weight is 374 g/mol. The van der Waals surface area contributed by atoms with Gasteiger partial charge in [0, 0.05) is 6.42 Å². The van der Waals surface area contributed by atoms with Crippen LogP contribution in [0.5, 0.6) is 0 Å². The zero-order valence-corrected chi connectivity index (χ0v) is 17.1. The van der Waals surface area contributed by atoms with E-state index in [2.05, 4.69) is 12.2 Å². The SMILES string of the molecule is CCCCCCCCCCCCCC[C@H](O)[C@H](O)[C@H](CO)NC(=O)CC. The number of carbonyl (C=O) groups is 1. The topological polar surface area (TPSA) is 89.8 Å². The highest BCUT2D eigenvalue weighted by molar-refractivity contribution is 5.75. The zero-order valence-electron chi connectivity index (χ0n) is 17.1. The third-order valence-corrected chi connectivity index (χ3v) is 5.02. The third kappa shape index (κ3) is 13.5. The van der Waals surface area contributed by atoms with Gasteiger partial charge in [-0.15, -0.1) is 0 Å². The van der Waals surface area contributed by atoms with Gasteiger partial charge in [0.05, 0.1) is 18.8 Å². The van der Waals surface area contributed by atoms with Crippen LogP contribution in [0, 0.1) is 0 Å². The van der Waals surface area contributed by atoms with Crippen LogP contribution >= 0.6 is 0 Å². The standard InChI is InChI=1S/C21H43NO4/c1-3-5-6-7-8-9-10-11-12-13-14-15-16-19(24)21(26)18(17-23)22-20(25)4-2/h18-19,21,23-24,26H,3-17H2,1-2H3,(H,22,25)/t18-,19-,21+/m0/s1. The first-order chi connectivity index (χ1) is 12.6. The molecule has 0 aliphatic rings. The number of nitrogens with one attached hydrogen (secondary N) is 1. The monoisotopic (exact) mass is 373 g/mol. The molecular weight excluding hydrogens is 330 g/mol. The van der Waals surface area contributed by atoms with E-state index < -0.39 is 18.2 Å². The van der Waals surface area contributed by atoms with Crippen LogP contribution in [0.3, 0.4) is 0 Å². The van der Waals surface area contributed by atoms with Gasteiger partial charge in [0.1, 0.15) is 6.10 Å². The van der Waals surface area contributed by atoms with Crippen LogP contribution in [-0.4, -0.2) is 46.1 Å². The maximum absolute atomic E-state index is 11.4. The molecule has 5 heteroatoms. The molecule has 0 aromatic carbocycles. The van der Waals surface area contributed by atoms with Crippen molar-refractivity contribution in [2.75, 3.05) is 6.61 Å². The van der Waals surface area contributed by atoms with Crippen molar-refractivity contribution in [1.82, 2.24) is 5.32 Å². The lowest BCUT2D eigenvalue weighted by atomic mass is 9.99. The molecule has 5 nitrogen and oxygen atoms in total. The molecule has 156 valence electrons. The summed E-state index contributed by atoms with van der Waals surface area (Å²) in [6.07, 6.45) is 13.8. The fraction of sp³-hybridized carbons (Fsp3) is 0.952. The highest BCUT2D eigenvalue weighted by Gasteiger charge is 2.26. The van der Waals surface area contributed by atoms with E-state index >= 15 is 0 Å². The first-order valence-corrected chi connectivity index (χ1v) is 10.8. The predicted octanol–water partition coefficient (Wildman–Crippen LogP) is 3.69. The molecule has 0 aliphatic carbocycles. The van der Waals surface area contributed by atoms with Crippen molar-refractivity contribution in [3.05, 3.63) is 0 Å². The van der Waals surface area contributed by atoms with Gasteiger partial charge >= 0.3 is 0 Å². The molecule has 0 bridgehead atoms. The molecule has 0 saturated heterocycles. The van der Waals surface area contributed by atoms with Crippen molar-refractivity contribution in [2.24, 2.45) is 0 Å². The Morgan fingerprint density at radius 2 is 1.27 bits per heavy atom. The van der Waals surface area contributed by atoms with Gasteiger partial charge in [-0.25, -0.2) is 0 Å². The largest absolute Gasteiger partial charge is 0.394 e.